The van der Waals surface area contributed by atoms with Crippen molar-refractivity contribution in [3.8, 4) is 0 Å². The van der Waals surface area contributed by atoms with Crippen molar-refractivity contribution in [2.75, 3.05) is 0 Å². The largest absolute Gasteiger partial charge is 4.00 e. The molecule has 0 atom stereocenters. The molecule has 0 aromatic heterocycles. The van der Waals surface area contributed by atoms with Crippen LogP contribution in [0.15, 0.2) is 0 Å². The number of hydrogen-bond acceptors (Lipinski definition) is 0. The van der Waals surface area contributed by atoms with Gasteiger partial charge in [-0.05, 0) is 0 Å². The maximum atomic E-state index is 0. The van der Waals surface area contributed by atoms with Crippen molar-refractivity contribution in [1.82, 2.24) is 0 Å². The molecule has 0 aliphatic rings. The van der Waals surface area contributed by atoms with Crippen molar-refractivity contribution in [1.29, 1.82) is 0 Å². The zero-order valence-electron chi connectivity index (χ0n) is 1.82. The molecular weight excluding hydrogens is 287 g/mol. The molecule has 0 aromatic carbocycles. The molecule has 0 amide bonds. The first-order valence-corrected chi connectivity index (χ1v) is 0. The Morgan fingerprint density at radius 2 is 0.750 bits per heavy atom. The van der Waals surface area contributed by atoms with E-state index in [2.05, 4.69) is 0 Å². The van der Waals surface area contributed by atoms with Crippen LogP contribution in [0.2, 0.25) is 0 Å². The second-order valence-corrected chi connectivity index (χ2v) is 0. The average molecular weight is 287 g/mol. The Labute approximate surface area is 59.6 Å². The molecule has 0 aromatic rings. The number of rotatable bonds is 0. The van der Waals surface area contributed by atoms with Crippen molar-refractivity contribution in [3.63, 3.8) is 0 Å². The fourth-order valence-electron chi connectivity index (χ4n) is 0. The maximum absolute atomic E-state index is 0. The second kappa shape index (κ2) is 23.8. The molecule has 2 nitrogen and oxygen atoms in total. The Balaban J connectivity index is 0. The molecule has 0 N–H and O–H groups in total. The quantitative estimate of drug-likeness (QED) is 0.533. The molecule has 0 bridgehead atoms. The maximum Gasteiger partial charge on any atom is 4.00 e. The Hall–Kier alpha value is 1.56. The summed E-state index contributed by atoms with van der Waals surface area (Å²) in [7, 11) is 0. The summed E-state index contributed by atoms with van der Waals surface area (Å²) in [6, 6.07) is 0. The fraction of sp³-hybridized carbons (Fsp3) is 0. The van der Waals surface area contributed by atoms with Gasteiger partial charge in [-0.15, -0.1) is 0 Å². The van der Waals surface area contributed by atoms with E-state index in [0.29, 0.717) is 0 Å². The standard InChI is InChI=1S/2O.Pb.Ti/q2*-2;+2;+4. The monoisotopic (exact) mass is 288 g/mol. The molecule has 4 heteroatoms. The van der Waals surface area contributed by atoms with Gasteiger partial charge in [-0.3, -0.25) is 0 Å². The molecule has 4 heavy (non-hydrogen) atoms. The number of hydrogen-bond donors (Lipinski definition) is 0. The molecule has 0 heterocycles. The zero-order valence-corrected chi connectivity index (χ0v) is 7.27. The van der Waals surface area contributed by atoms with Gasteiger partial charge in [0, 0.05) is 0 Å². The smallest absolute Gasteiger partial charge is 2.00 e. The van der Waals surface area contributed by atoms with E-state index < -0.39 is 0 Å². The molecule has 0 rings (SSSR count). The van der Waals surface area contributed by atoms with Crippen LogP contribution in [0.5, 0.6) is 0 Å². The van der Waals surface area contributed by atoms with E-state index in [1.165, 1.54) is 0 Å². The van der Waals surface area contributed by atoms with E-state index >= 15 is 0 Å². The summed E-state index contributed by atoms with van der Waals surface area (Å²) in [4.78, 5) is 0. The van der Waals surface area contributed by atoms with Crippen LogP contribution in [0.4, 0.5) is 0 Å². The van der Waals surface area contributed by atoms with Crippen molar-refractivity contribution in [3.05, 3.63) is 0 Å². The van der Waals surface area contributed by atoms with Gasteiger partial charge in [-0.25, -0.2) is 0 Å². The van der Waals surface area contributed by atoms with E-state index in [0.717, 1.165) is 0 Å². The van der Waals surface area contributed by atoms with Crippen molar-refractivity contribution in [2.24, 2.45) is 0 Å². The van der Waals surface area contributed by atoms with E-state index in [4.69, 9.17) is 0 Å². The van der Waals surface area contributed by atoms with Crippen molar-refractivity contribution >= 4 is 27.3 Å². The van der Waals surface area contributed by atoms with Crippen LogP contribution in [-0.2, 0) is 32.7 Å². The van der Waals surface area contributed by atoms with Gasteiger partial charge in [0.1, 0.15) is 0 Å². The molecule has 18 valence electrons. The zero-order chi connectivity index (χ0) is 0. The molecule has 0 aliphatic carbocycles. The van der Waals surface area contributed by atoms with Crippen LogP contribution >= 0.6 is 0 Å². The van der Waals surface area contributed by atoms with E-state index in [9.17, 15) is 0 Å². The van der Waals surface area contributed by atoms with Gasteiger partial charge < -0.3 is 11.0 Å². The third kappa shape index (κ3) is 9.59. The fourth-order valence-corrected chi connectivity index (χ4v) is 0. The van der Waals surface area contributed by atoms with Gasteiger partial charge in [-0.2, -0.15) is 0 Å². The van der Waals surface area contributed by atoms with Crippen LogP contribution < -0.4 is 0 Å². The third-order valence-corrected chi connectivity index (χ3v) is 0. The average Bonchev–Trinajstić information content (AvgIpc) is 0. The summed E-state index contributed by atoms with van der Waals surface area (Å²) in [6.07, 6.45) is 0. The van der Waals surface area contributed by atoms with Crippen LogP contribution in [0.3, 0.4) is 0 Å². The molecule has 0 aliphatic heterocycles. The Morgan fingerprint density at radius 1 is 0.750 bits per heavy atom. The Morgan fingerprint density at radius 3 is 0.750 bits per heavy atom. The minimum Gasteiger partial charge on any atom is -2.00 e. The molecule has 2 radical (unpaired) electrons. The van der Waals surface area contributed by atoms with Gasteiger partial charge in [-0.1, -0.05) is 0 Å². The van der Waals surface area contributed by atoms with Crippen molar-refractivity contribution in [2.45, 2.75) is 0 Å². The van der Waals surface area contributed by atoms with Crippen LogP contribution in [0.25, 0.3) is 0 Å². The van der Waals surface area contributed by atoms with Crippen LogP contribution in [0.1, 0.15) is 0 Å². The summed E-state index contributed by atoms with van der Waals surface area (Å²) in [5, 5.41) is 0. The Kier molecular flexibility index (Phi) is 283. The van der Waals surface area contributed by atoms with E-state index in [-0.39, 0.29) is 60.0 Å². The summed E-state index contributed by atoms with van der Waals surface area (Å²) >= 11 is 0. The van der Waals surface area contributed by atoms with Gasteiger partial charge >= 0.3 is 49.0 Å². The van der Waals surface area contributed by atoms with Crippen LogP contribution in [-0.4, -0.2) is 27.3 Å². The molecular formula is O2PbTi+2. The minimum atomic E-state index is 0. The van der Waals surface area contributed by atoms with Gasteiger partial charge in [0.05, 0.1) is 0 Å². The predicted octanol–water partition coefficient (Wildman–Crippen LogP) is -0.621. The van der Waals surface area contributed by atoms with Crippen molar-refractivity contribution < 1.29 is 32.7 Å². The first kappa shape index (κ1) is 47.6. The SMILES string of the molecule is [O-2].[O-2].[Pb+2].[Ti+4]. The first-order chi connectivity index (χ1) is 0. The minimum absolute atomic E-state index is 0. The van der Waals surface area contributed by atoms with Gasteiger partial charge in [0.25, 0.3) is 0 Å². The summed E-state index contributed by atoms with van der Waals surface area (Å²) in [5.41, 5.74) is 0. The summed E-state index contributed by atoms with van der Waals surface area (Å²) in [5.74, 6) is 0. The Bertz CT molecular complexity index is 6.00. The summed E-state index contributed by atoms with van der Waals surface area (Å²) < 4.78 is 0. The third-order valence-electron chi connectivity index (χ3n) is 0. The topological polar surface area (TPSA) is 57.0 Å². The van der Waals surface area contributed by atoms with Gasteiger partial charge in [0.2, 0.25) is 0 Å². The molecule has 0 unspecified atom stereocenters. The summed E-state index contributed by atoms with van der Waals surface area (Å²) in [6.45, 7) is 0. The molecule has 0 spiro atoms. The molecule has 0 saturated heterocycles. The normalized spacial score (nSPS) is 0. The van der Waals surface area contributed by atoms with E-state index in [1.807, 2.05) is 0 Å². The second-order valence-electron chi connectivity index (χ2n) is 0. The molecule has 0 saturated carbocycles. The van der Waals surface area contributed by atoms with E-state index in [1.54, 1.807) is 0 Å². The van der Waals surface area contributed by atoms with Gasteiger partial charge in [0.15, 0.2) is 0 Å². The first-order valence-electron chi connectivity index (χ1n) is 0. The predicted molar refractivity (Wildman–Crippen MR) is 7.13 cm³/mol. The van der Waals surface area contributed by atoms with Crippen LogP contribution in [0, 0.1) is 0 Å². The molecule has 0 fully saturated rings.